The highest BCUT2D eigenvalue weighted by Crippen LogP contribution is 2.51. The second kappa shape index (κ2) is 4.46. The molecule has 3 unspecified atom stereocenters. The molecule has 1 aromatic rings. The Morgan fingerprint density at radius 2 is 1.95 bits per heavy atom. The number of hydrogen-bond donors (Lipinski definition) is 1. The molecule has 2 fully saturated rings. The zero-order valence-corrected chi connectivity index (χ0v) is 11.5. The van der Waals surface area contributed by atoms with Crippen molar-refractivity contribution in [1.29, 1.82) is 0 Å². The summed E-state index contributed by atoms with van der Waals surface area (Å²) in [6.45, 7) is 0. The van der Waals surface area contributed by atoms with Gasteiger partial charge in [0.25, 0.3) is 5.56 Å². The first-order chi connectivity index (χ1) is 9.31. The van der Waals surface area contributed by atoms with Crippen LogP contribution in [0.3, 0.4) is 0 Å². The first-order valence-electron chi connectivity index (χ1n) is 7.93. The van der Waals surface area contributed by atoms with Crippen LogP contribution < -0.4 is 5.56 Å². The minimum absolute atomic E-state index is 0.157. The summed E-state index contributed by atoms with van der Waals surface area (Å²) in [7, 11) is 0. The van der Waals surface area contributed by atoms with Crippen molar-refractivity contribution in [2.24, 2.45) is 11.8 Å². The van der Waals surface area contributed by atoms with Crippen LogP contribution in [0.4, 0.5) is 0 Å². The quantitative estimate of drug-likeness (QED) is 0.787. The Labute approximate surface area is 113 Å². The van der Waals surface area contributed by atoms with Gasteiger partial charge in [-0.1, -0.05) is 12.8 Å². The standard InChI is InChI=1S/C16H22N2O/c19-16-12-4-2-1-3-5-14(12)17-15(18-16)13-9-10-6-7-11(13)8-10/h10-11,13H,1-9H2,(H,17,18,19). The number of aryl methyl sites for hydroxylation is 1. The first-order valence-corrected chi connectivity index (χ1v) is 7.93. The Balaban J connectivity index is 1.72. The van der Waals surface area contributed by atoms with E-state index < -0.39 is 0 Å². The van der Waals surface area contributed by atoms with Gasteiger partial charge >= 0.3 is 0 Å². The Bertz CT molecular complexity index is 548. The molecule has 3 aliphatic rings. The van der Waals surface area contributed by atoms with E-state index in [-0.39, 0.29) is 5.56 Å². The molecule has 0 radical (unpaired) electrons. The number of hydrogen-bond acceptors (Lipinski definition) is 2. The first kappa shape index (κ1) is 11.7. The molecule has 4 rings (SSSR count). The van der Waals surface area contributed by atoms with E-state index in [1.165, 1.54) is 38.5 Å². The molecule has 3 heteroatoms. The third-order valence-electron chi connectivity index (χ3n) is 5.55. The molecule has 3 nitrogen and oxygen atoms in total. The van der Waals surface area contributed by atoms with E-state index in [1.807, 2.05) is 0 Å². The van der Waals surface area contributed by atoms with Crippen molar-refractivity contribution in [2.45, 2.75) is 63.7 Å². The maximum Gasteiger partial charge on any atom is 0.254 e. The third kappa shape index (κ3) is 1.94. The van der Waals surface area contributed by atoms with Gasteiger partial charge in [-0.2, -0.15) is 0 Å². The van der Waals surface area contributed by atoms with Crippen LogP contribution in [0.1, 0.15) is 67.9 Å². The fourth-order valence-corrected chi connectivity index (χ4v) is 4.55. The van der Waals surface area contributed by atoms with Gasteiger partial charge in [0, 0.05) is 11.5 Å². The second-order valence-electron chi connectivity index (χ2n) is 6.72. The van der Waals surface area contributed by atoms with E-state index in [1.54, 1.807) is 0 Å². The van der Waals surface area contributed by atoms with Crippen LogP contribution in [0.2, 0.25) is 0 Å². The highest BCUT2D eigenvalue weighted by molar-refractivity contribution is 5.21. The lowest BCUT2D eigenvalue weighted by Crippen LogP contribution is -2.23. The minimum Gasteiger partial charge on any atom is -0.310 e. The van der Waals surface area contributed by atoms with Crippen molar-refractivity contribution in [2.75, 3.05) is 0 Å². The van der Waals surface area contributed by atoms with Crippen LogP contribution in [0.5, 0.6) is 0 Å². The van der Waals surface area contributed by atoms with Gasteiger partial charge in [0.1, 0.15) is 5.82 Å². The summed E-state index contributed by atoms with van der Waals surface area (Å²) in [6.07, 6.45) is 10.9. The van der Waals surface area contributed by atoms with Crippen molar-refractivity contribution in [3.63, 3.8) is 0 Å². The molecule has 1 N–H and O–H groups in total. The predicted molar refractivity (Wildman–Crippen MR) is 74.3 cm³/mol. The average Bonchev–Trinajstić information content (AvgIpc) is 2.95. The molecule has 0 saturated heterocycles. The van der Waals surface area contributed by atoms with E-state index in [2.05, 4.69) is 4.98 Å². The smallest absolute Gasteiger partial charge is 0.254 e. The van der Waals surface area contributed by atoms with E-state index in [9.17, 15) is 4.79 Å². The highest BCUT2D eigenvalue weighted by atomic mass is 16.1. The summed E-state index contributed by atoms with van der Waals surface area (Å²) < 4.78 is 0. The lowest BCUT2D eigenvalue weighted by atomic mass is 9.88. The lowest BCUT2D eigenvalue weighted by molar-refractivity contribution is 0.403. The Morgan fingerprint density at radius 1 is 1.05 bits per heavy atom. The van der Waals surface area contributed by atoms with Crippen LogP contribution >= 0.6 is 0 Å². The topological polar surface area (TPSA) is 45.8 Å². The normalized spacial score (nSPS) is 33.2. The second-order valence-corrected chi connectivity index (χ2v) is 6.72. The molecule has 102 valence electrons. The Morgan fingerprint density at radius 3 is 2.74 bits per heavy atom. The molecule has 2 bridgehead atoms. The molecular formula is C16H22N2O. The largest absolute Gasteiger partial charge is 0.310 e. The average molecular weight is 258 g/mol. The molecule has 3 aliphatic carbocycles. The summed E-state index contributed by atoms with van der Waals surface area (Å²) in [4.78, 5) is 20.3. The van der Waals surface area contributed by atoms with Crippen LogP contribution in [0, 0.1) is 11.8 Å². The molecule has 1 heterocycles. The molecule has 0 aliphatic heterocycles. The predicted octanol–water partition coefficient (Wildman–Crippen LogP) is 2.94. The summed E-state index contributed by atoms with van der Waals surface area (Å²) in [5.41, 5.74) is 2.24. The van der Waals surface area contributed by atoms with Crippen molar-refractivity contribution in [1.82, 2.24) is 9.97 Å². The molecule has 19 heavy (non-hydrogen) atoms. The molecule has 2 saturated carbocycles. The van der Waals surface area contributed by atoms with Gasteiger partial charge in [-0.25, -0.2) is 4.98 Å². The van der Waals surface area contributed by atoms with Crippen LogP contribution in [0.25, 0.3) is 0 Å². The van der Waals surface area contributed by atoms with E-state index >= 15 is 0 Å². The van der Waals surface area contributed by atoms with Gasteiger partial charge in [-0.15, -0.1) is 0 Å². The summed E-state index contributed by atoms with van der Waals surface area (Å²) >= 11 is 0. The Hall–Kier alpha value is -1.12. The highest BCUT2D eigenvalue weighted by Gasteiger charge is 2.41. The van der Waals surface area contributed by atoms with Crippen molar-refractivity contribution < 1.29 is 0 Å². The van der Waals surface area contributed by atoms with E-state index in [0.29, 0.717) is 5.92 Å². The fourth-order valence-electron chi connectivity index (χ4n) is 4.55. The molecule has 0 aromatic carbocycles. The number of aromatic amines is 1. The van der Waals surface area contributed by atoms with Gasteiger partial charge in [-0.05, 0) is 56.8 Å². The van der Waals surface area contributed by atoms with Crippen LogP contribution in [-0.4, -0.2) is 9.97 Å². The molecule has 0 amide bonds. The van der Waals surface area contributed by atoms with Crippen molar-refractivity contribution in [3.05, 3.63) is 27.4 Å². The third-order valence-corrected chi connectivity index (χ3v) is 5.55. The van der Waals surface area contributed by atoms with Crippen LogP contribution in [-0.2, 0) is 12.8 Å². The molecule has 3 atom stereocenters. The van der Waals surface area contributed by atoms with Crippen molar-refractivity contribution in [3.8, 4) is 0 Å². The minimum atomic E-state index is 0.157. The zero-order valence-electron chi connectivity index (χ0n) is 11.5. The number of rotatable bonds is 1. The Kier molecular flexibility index (Phi) is 2.75. The maximum absolute atomic E-state index is 12.3. The lowest BCUT2D eigenvalue weighted by Gasteiger charge is -2.21. The molecule has 1 aromatic heterocycles. The fraction of sp³-hybridized carbons (Fsp3) is 0.750. The molecule has 0 spiro atoms. The van der Waals surface area contributed by atoms with Crippen LogP contribution in [0.15, 0.2) is 4.79 Å². The van der Waals surface area contributed by atoms with Gasteiger partial charge in [-0.3, -0.25) is 4.79 Å². The summed E-state index contributed by atoms with van der Waals surface area (Å²) in [6, 6.07) is 0. The summed E-state index contributed by atoms with van der Waals surface area (Å²) in [5, 5.41) is 0. The number of fused-ring (bicyclic) bond motifs is 3. The molecular weight excluding hydrogens is 236 g/mol. The monoisotopic (exact) mass is 258 g/mol. The van der Waals surface area contributed by atoms with Gasteiger partial charge in [0.05, 0.1) is 5.69 Å². The van der Waals surface area contributed by atoms with E-state index in [4.69, 9.17) is 4.98 Å². The van der Waals surface area contributed by atoms with E-state index in [0.717, 1.165) is 48.2 Å². The zero-order chi connectivity index (χ0) is 12.8. The van der Waals surface area contributed by atoms with Gasteiger partial charge < -0.3 is 4.98 Å². The SMILES string of the molecule is O=c1[nH]c(C2CC3CCC2C3)nc2c1CCCCC2. The van der Waals surface area contributed by atoms with Gasteiger partial charge in [0.15, 0.2) is 0 Å². The maximum atomic E-state index is 12.3. The number of aromatic nitrogens is 2. The number of nitrogens with one attached hydrogen (secondary N) is 1. The number of H-pyrrole nitrogens is 1. The van der Waals surface area contributed by atoms with Crippen molar-refractivity contribution >= 4 is 0 Å². The summed E-state index contributed by atoms with van der Waals surface area (Å²) in [5.74, 6) is 3.24. The number of nitrogens with zero attached hydrogens (tertiary/aromatic N) is 1. The van der Waals surface area contributed by atoms with Gasteiger partial charge in [0.2, 0.25) is 0 Å².